The molecule has 5 rings (SSSR count). The molecule has 2 aliphatic rings. The highest BCUT2D eigenvalue weighted by atomic mass is 28.4. The third-order valence-corrected chi connectivity index (χ3v) is 17.1. The van der Waals surface area contributed by atoms with Gasteiger partial charge in [-0.2, -0.15) is 0 Å². The molecule has 0 unspecified atom stereocenters. The smallest absolute Gasteiger partial charge is 0.407 e. The minimum atomic E-state index is -1.80. The largest absolute Gasteiger partial charge is 0.504 e. The molecule has 1 heterocycles. The Hall–Kier alpha value is -4.08. The predicted molar refractivity (Wildman–Crippen MR) is 215 cm³/mol. The van der Waals surface area contributed by atoms with Crippen molar-refractivity contribution >= 4 is 14.4 Å². The van der Waals surface area contributed by atoms with Crippen LogP contribution in [0.25, 0.3) is 16.0 Å². The number of morpholine rings is 1. The van der Waals surface area contributed by atoms with Gasteiger partial charge < -0.3 is 33.8 Å². The Balaban J connectivity index is 1.31. The van der Waals surface area contributed by atoms with Gasteiger partial charge in [-0.3, -0.25) is 4.85 Å². The van der Waals surface area contributed by atoms with Gasteiger partial charge >= 0.3 is 6.09 Å². The van der Waals surface area contributed by atoms with Crippen molar-refractivity contribution in [3.63, 3.8) is 0 Å². The zero-order valence-corrected chi connectivity index (χ0v) is 34.3. The second-order valence-electron chi connectivity index (χ2n) is 15.4. The van der Waals surface area contributed by atoms with Gasteiger partial charge in [0.1, 0.15) is 18.4 Å². The number of benzene rings is 3. The first kappa shape index (κ1) is 41.1. The molecule has 0 bridgehead atoms. The summed E-state index contributed by atoms with van der Waals surface area (Å²) in [6.07, 6.45) is 1.62. The number of unbranched alkanes of at least 4 members (excludes halogenated alkanes) is 1. The molecule has 3 atom stereocenters. The number of amides is 1. The van der Waals surface area contributed by atoms with Gasteiger partial charge in [0, 0.05) is 43.2 Å². The molecule has 3 aromatic carbocycles. The second-order valence-corrected chi connectivity index (χ2v) is 20.4. The van der Waals surface area contributed by atoms with Crippen molar-refractivity contribution in [1.29, 1.82) is 0 Å². The quantitative estimate of drug-likeness (QED) is 0.0802. The summed E-state index contributed by atoms with van der Waals surface area (Å²) in [5.74, 6) is 0.714. The van der Waals surface area contributed by atoms with Gasteiger partial charge in [0.25, 0.3) is 6.17 Å². The van der Waals surface area contributed by atoms with Gasteiger partial charge in [-0.1, -0.05) is 76.2 Å². The maximum atomic E-state index is 13.7. The van der Waals surface area contributed by atoms with E-state index in [0.717, 1.165) is 48.1 Å². The Labute approximate surface area is 323 Å². The lowest BCUT2D eigenvalue weighted by Gasteiger charge is -2.36. The number of fused-ring (bicyclic) bond motifs is 3. The fourth-order valence-corrected chi connectivity index (χ4v) is 10.7. The lowest BCUT2D eigenvalue weighted by atomic mass is 9.98. The highest BCUT2D eigenvalue weighted by Gasteiger charge is 2.40. The van der Waals surface area contributed by atoms with Gasteiger partial charge in [-0.05, 0) is 72.1 Å². The summed E-state index contributed by atoms with van der Waals surface area (Å²) in [6, 6.07) is 17.3. The van der Waals surface area contributed by atoms with Crippen molar-refractivity contribution in [1.82, 2.24) is 10.2 Å². The van der Waals surface area contributed by atoms with E-state index < -0.39 is 26.6 Å². The maximum Gasteiger partial charge on any atom is 0.407 e. The number of hydrogen-bond acceptors (Lipinski definition) is 8. The predicted octanol–water partition coefficient (Wildman–Crippen LogP) is 8.70. The van der Waals surface area contributed by atoms with E-state index in [0.29, 0.717) is 53.4 Å². The van der Waals surface area contributed by atoms with E-state index in [1.807, 2.05) is 31.2 Å². The number of phenols is 1. The van der Waals surface area contributed by atoms with Gasteiger partial charge in [0.15, 0.2) is 19.8 Å². The number of hydrogen-bond donors (Lipinski definition) is 2. The average molecular weight is 758 g/mol. The Morgan fingerprint density at radius 1 is 1.02 bits per heavy atom. The van der Waals surface area contributed by atoms with Crippen LogP contribution in [-0.2, 0) is 20.3 Å². The topological polar surface area (TPSA) is 103 Å². The van der Waals surface area contributed by atoms with Crippen LogP contribution in [0.3, 0.4) is 0 Å². The Morgan fingerprint density at radius 2 is 1.65 bits per heavy atom. The number of phenolic OH excluding ortho intramolecular Hbond substituents is 1. The fraction of sp³-hybridized carbons (Fsp3) is 0.535. The van der Waals surface area contributed by atoms with Crippen LogP contribution in [-0.4, -0.2) is 89.9 Å². The Morgan fingerprint density at radius 3 is 2.24 bits per heavy atom. The molecular weight excluding hydrogens is 699 g/mol. The molecule has 1 fully saturated rings. The molecule has 11 heteroatoms. The Bertz CT molecular complexity index is 1720. The minimum absolute atomic E-state index is 0.0368. The third-order valence-electron chi connectivity index (χ3n) is 11.7. The first-order chi connectivity index (χ1) is 25.9. The molecule has 1 amide bonds. The average Bonchev–Trinajstić information content (AvgIpc) is 3.47. The maximum absolute atomic E-state index is 13.7. The number of ether oxygens (including phenoxy) is 4. The number of carbonyl (C=O) groups is 1. The monoisotopic (exact) mass is 757 g/mol. The number of alkyl carbamates (subject to hydrolysis) is 1. The van der Waals surface area contributed by atoms with Gasteiger partial charge in [-0.25, -0.2) is 16.3 Å². The summed E-state index contributed by atoms with van der Waals surface area (Å²) < 4.78 is 29.9. The van der Waals surface area contributed by atoms with Crippen molar-refractivity contribution in [3.8, 4) is 28.4 Å². The number of aromatic hydroxyl groups is 1. The minimum Gasteiger partial charge on any atom is -0.504 e. The van der Waals surface area contributed by atoms with Crippen LogP contribution >= 0.6 is 0 Å². The summed E-state index contributed by atoms with van der Waals surface area (Å²) in [7, 11) is 1.26. The van der Waals surface area contributed by atoms with Crippen LogP contribution in [0.4, 0.5) is 4.79 Å². The van der Waals surface area contributed by atoms with E-state index in [-0.39, 0.29) is 30.8 Å². The summed E-state index contributed by atoms with van der Waals surface area (Å²) in [5, 5.41) is 13.9. The highest BCUT2D eigenvalue weighted by molar-refractivity contribution is 6.75. The lowest BCUT2D eigenvalue weighted by Crippen LogP contribution is -2.56. The number of carbonyl (C=O) groups excluding carboxylic acids is 1. The molecule has 1 aliphatic heterocycles. The molecule has 54 heavy (non-hydrogen) atoms. The fourth-order valence-electron chi connectivity index (χ4n) is 8.13. The van der Waals surface area contributed by atoms with Crippen molar-refractivity contribution in [2.45, 2.75) is 102 Å². The molecule has 0 saturated carbocycles. The van der Waals surface area contributed by atoms with Crippen molar-refractivity contribution in [3.05, 3.63) is 88.3 Å². The van der Waals surface area contributed by atoms with Crippen LogP contribution in [0, 0.1) is 13.5 Å². The van der Waals surface area contributed by atoms with Crippen LogP contribution < -0.4 is 14.8 Å². The lowest BCUT2D eigenvalue weighted by molar-refractivity contribution is -0.0459. The summed E-state index contributed by atoms with van der Waals surface area (Å²) in [4.78, 5) is 20.0. The summed E-state index contributed by atoms with van der Waals surface area (Å²) in [6.45, 7) is 24.2. The van der Waals surface area contributed by atoms with Gasteiger partial charge in [-0.15, -0.1) is 0 Å². The van der Waals surface area contributed by atoms with Crippen molar-refractivity contribution in [2.24, 2.45) is 0 Å². The van der Waals surface area contributed by atoms with Crippen LogP contribution in [0.1, 0.15) is 75.1 Å². The van der Waals surface area contributed by atoms with Gasteiger partial charge in [0.05, 0.1) is 26.9 Å². The van der Waals surface area contributed by atoms with Crippen LogP contribution in [0.5, 0.6) is 17.2 Å². The van der Waals surface area contributed by atoms with Crippen molar-refractivity contribution in [2.75, 3.05) is 47.1 Å². The van der Waals surface area contributed by atoms with Crippen LogP contribution in [0.15, 0.2) is 54.6 Å². The second kappa shape index (κ2) is 18.5. The van der Waals surface area contributed by atoms with Gasteiger partial charge in [0.2, 0.25) is 0 Å². The number of nitrogens with zero attached hydrogens (tertiary/aromatic N) is 2. The number of rotatable bonds is 17. The van der Waals surface area contributed by atoms with E-state index in [1.165, 1.54) is 7.11 Å². The van der Waals surface area contributed by atoms with E-state index in [9.17, 15) is 9.90 Å². The Kier molecular flexibility index (Phi) is 14.1. The third kappa shape index (κ3) is 9.06. The molecule has 0 aromatic heterocycles. The first-order valence-corrected chi connectivity index (χ1v) is 21.9. The molecule has 292 valence electrons. The SMILES string of the molecule is [C-]#[N+][C@@H]([C@H](Cc1cc(O)c(OC)c(C)c1OC)NC(=O)OCC1c2ccccc2-c2ccccc21)N1CCO[C@@H](CCCCO[Si](C)(C(C)C)C(C)C)C1. The number of methoxy groups -OCH3 is 2. The summed E-state index contributed by atoms with van der Waals surface area (Å²) in [5.41, 5.74) is 6.93. The molecule has 1 aliphatic carbocycles. The molecule has 10 nitrogen and oxygen atoms in total. The zero-order chi connectivity index (χ0) is 39.0. The molecular formula is C43H59N3O7Si. The molecule has 3 aromatic rings. The van der Waals surface area contributed by atoms with E-state index in [1.54, 1.807) is 13.2 Å². The summed E-state index contributed by atoms with van der Waals surface area (Å²) >= 11 is 0. The van der Waals surface area contributed by atoms with E-state index >= 15 is 0 Å². The first-order valence-electron chi connectivity index (χ1n) is 19.3. The molecule has 1 saturated heterocycles. The van der Waals surface area contributed by atoms with Crippen molar-refractivity contribution < 1.29 is 33.3 Å². The van der Waals surface area contributed by atoms with E-state index in [2.05, 4.69) is 73.6 Å². The normalized spacial score (nSPS) is 17.1. The zero-order valence-electron chi connectivity index (χ0n) is 33.3. The molecule has 2 N–H and O–H groups in total. The molecule has 0 radical (unpaired) electrons. The van der Waals surface area contributed by atoms with E-state index in [4.69, 9.17) is 29.9 Å². The van der Waals surface area contributed by atoms with Crippen LogP contribution in [0.2, 0.25) is 17.6 Å². The standard InChI is InChI=1S/C43H59N3O7Si/c1-28(2)54(9,29(3)4)53-22-15-14-16-32-26-46(21-23-51-32)42(44-6)38(24-31-25-39(47)41(50-8)30(5)40(31)49-7)45-43(48)52-27-37-35-19-12-10-17-33(35)34-18-11-13-20-36(34)37/h10-13,17-20,25,28-29,32,37-38,42,47H,14-16,21-24,26-27H2,1-5,7-9H3,(H,45,48)/t32-,38-,42+/m0/s1. The molecule has 0 spiro atoms. The highest BCUT2D eigenvalue weighted by Crippen LogP contribution is 2.45. The number of nitrogens with one attached hydrogen (secondary N) is 1.